The smallest absolute Gasteiger partial charge is 0.154 e. The molecule has 24 heavy (non-hydrogen) atoms. The summed E-state index contributed by atoms with van der Waals surface area (Å²) < 4.78 is 0. The van der Waals surface area contributed by atoms with E-state index in [9.17, 15) is 0 Å². The lowest BCUT2D eigenvalue weighted by Crippen LogP contribution is -2.22. The molecule has 3 rings (SSSR count). The third-order valence-electron chi connectivity index (χ3n) is 3.77. The van der Waals surface area contributed by atoms with E-state index in [1.54, 1.807) is 0 Å². The summed E-state index contributed by atoms with van der Waals surface area (Å²) in [5, 5.41) is 11.4. The number of benzene rings is 3. The first kappa shape index (κ1) is 15.7. The molecule has 0 bridgehead atoms. The Kier molecular flexibility index (Phi) is 4.82. The standard InChI is InChI=1S/C21H19N3/c1-23-21(24-20(22)17-12-6-3-7-13-17)19-15-9-8-14-18(19)16-10-4-2-5-11-16/h2-15H,1H3,(H2,22,23,24). The van der Waals surface area contributed by atoms with Crippen molar-refractivity contribution in [3.63, 3.8) is 0 Å². The van der Waals surface area contributed by atoms with Crippen LogP contribution in [0.3, 0.4) is 0 Å². The van der Waals surface area contributed by atoms with Crippen molar-refractivity contribution in [2.75, 3.05) is 7.05 Å². The molecule has 0 aliphatic carbocycles. The fourth-order valence-corrected chi connectivity index (χ4v) is 2.58. The summed E-state index contributed by atoms with van der Waals surface area (Å²) in [7, 11) is 1.83. The van der Waals surface area contributed by atoms with Gasteiger partial charge in [-0.3, -0.25) is 5.41 Å². The number of rotatable bonds is 3. The number of aliphatic imine (C=N–C) groups is 1. The zero-order chi connectivity index (χ0) is 16.8. The fourth-order valence-electron chi connectivity index (χ4n) is 2.58. The van der Waals surface area contributed by atoms with Crippen molar-refractivity contribution in [3.8, 4) is 11.1 Å². The maximum atomic E-state index is 8.26. The van der Waals surface area contributed by atoms with E-state index < -0.39 is 0 Å². The Morgan fingerprint density at radius 1 is 0.792 bits per heavy atom. The Labute approximate surface area is 142 Å². The monoisotopic (exact) mass is 313 g/mol. The van der Waals surface area contributed by atoms with E-state index in [0.29, 0.717) is 5.84 Å². The van der Waals surface area contributed by atoms with Crippen molar-refractivity contribution >= 4 is 11.7 Å². The molecule has 3 nitrogen and oxygen atoms in total. The zero-order valence-electron chi connectivity index (χ0n) is 13.5. The van der Waals surface area contributed by atoms with Gasteiger partial charge in [0.15, 0.2) is 5.84 Å². The highest BCUT2D eigenvalue weighted by Gasteiger charge is 2.10. The second kappa shape index (κ2) is 7.38. The quantitative estimate of drug-likeness (QED) is 0.548. The molecule has 3 heteroatoms. The summed E-state index contributed by atoms with van der Waals surface area (Å²) in [5.41, 5.74) is 3.99. The molecule has 0 saturated heterocycles. The van der Waals surface area contributed by atoms with Gasteiger partial charge in [-0.2, -0.15) is 0 Å². The number of hydrogen-bond acceptors (Lipinski definition) is 1. The number of amidine groups is 2. The van der Waals surface area contributed by atoms with Gasteiger partial charge in [0, 0.05) is 18.2 Å². The molecule has 3 aromatic rings. The lowest BCUT2D eigenvalue weighted by Gasteiger charge is -2.12. The Balaban J connectivity index is 2.03. The van der Waals surface area contributed by atoms with Crippen LogP contribution < -0.4 is 5.32 Å². The third-order valence-corrected chi connectivity index (χ3v) is 3.77. The van der Waals surface area contributed by atoms with E-state index in [2.05, 4.69) is 28.5 Å². The van der Waals surface area contributed by atoms with Gasteiger partial charge >= 0.3 is 0 Å². The maximum Gasteiger partial charge on any atom is 0.154 e. The summed E-state index contributed by atoms with van der Waals surface area (Å²) in [6.45, 7) is 0. The van der Waals surface area contributed by atoms with Crippen LogP contribution in [0.25, 0.3) is 11.1 Å². The van der Waals surface area contributed by atoms with Gasteiger partial charge in [-0.15, -0.1) is 0 Å². The normalized spacial score (nSPS) is 11.1. The molecule has 118 valence electrons. The largest absolute Gasteiger partial charge is 0.373 e. The minimum absolute atomic E-state index is 0.239. The van der Waals surface area contributed by atoms with E-state index in [1.807, 2.05) is 73.8 Å². The van der Waals surface area contributed by atoms with Crippen molar-refractivity contribution < 1.29 is 0 Å². The van der Waals surface area contributed by atoms with Crippen LogP contribution in [-0.2, 0) is 0 Å². The summed E-state index contributed by atoms with van der Waals surface area (Å²) >= 11 is 0. The van der Waals surface area contributed by atoms with Crippen molar-refractivity contribution in [2.45, 2.75) is 0 Å². The Hall–Kier alpha value is -3.20. The van der Waals surface area contributed by atoms with Gasteiger partial charge in [0.25, 0.3) is 0 Å². The van der Waals surface area contributed by atoms with Gasteiger partial charge in [-0.25, -0.2) is 4.99 Å². The predicted molar refractivity (Wildman–Crippen MR) is 101 cm³/mol. The minimum atomic E-state index is 0.239. The first-order chi connectivity index (χ1) is 11.8. The Bertz CT molecular complexity index is 853. The molecule has 0 fully saturated rings. The molecule has 0 aliphatic heterocycles. The van der Waals surface area contributed by atoms with Gasteiger partial charge < -0.3 is 5.32 Å². The average Bonchev–Trinajstić information content (AvgIpc) is 2.67. The van der Waals surface area contributed by atoms with Crippen molar-refractivity contribution in [1.29, 1.82) is 5.41 Å². The van der Waals surface area contributed by atoms with Gasteiger partial charge in [-0.1, -0.05) is 84.9 Å². The predicted octanol–water partition coefficient (Wildman–Crippen LogP) is 4.35. The van der Waals surface area contributed by atoms with E-state index in [0.717, 1.165) is 22.3 Å². The average molecular weight is 313 g/mol. The number of hydrogen-bond donors (Lipinski definition) is 2. The highest BCUT2D eigenvalue weighted by atomic mass is 15.0. The molecular weight excluding hydrogens is 294 g/mol. The van der Waals surface area contributed by atoms with Gasteiger partial charge in [0.05, 0.1) is 0 Å². The molecule has 0 aliphatic rings. The lowest BCUT2D eigenvalue weighted by atomic mass is 9.99. The molecular formula is C21H19N3. The maximum absolute atomic E-state index is 8.26. The van der Waals surface area contributed by atoms with Crippen LogP contribution in [0.4, 0.5) is 0 Å². The molecule has 3 aromatic carbocycles. The minimum Gasteiger partial charge on any atom is -0.373 e. The second-order valence-electron chi connectivity index (χ2n) is 5.34. The second-order valence-corrected chi connectivity index (χ2v) is 5.34. The molecule has 0 aromatic heterocycles. The van der Waals surface area contributed by atoms with Crippen LogP contribution in [0.15, 0.2) is 89.9 Å². The molecule has 2 N–H and O–H groups in total. The van der Waals surface area contributed by atoms with Gasteiger partial charge in [0.2, 0.25) is 0 Å². The summed E-state index contributed by atoms with van der Waals surface area (Å²) in [6, 6.07) is 27.8. The van der Waals surface area contributed by atoms with Crippen LogP contribution in [0.2, 0.25) is 0 Å². The molecule has 0 atom stereocenters. The molecule has 0 heterocycles. The lowest BCUT2D eigenvalue weighted by molar-refractivity contribution is 1.16. The van der Waals surface area contributed by atoms with Gasteiger partial charge in [0.1, 0.15) is 5.84 Å². The Morgan fingerprint density at radius 3 is 2.04 bits per heavy atom. The van der Waals surface area contributed by atoms with E-state index in [1.165, 1.54) is 0 Å². The van der Waals surface area contributed by atoms with E-state index in [4.69, 9.17) is 5.41 Å². The van der Waals surface area contributed by atoms with Gasteiger partial charge in [-0.05, 0) is 11.1 Å². The molecule has 0 saturated carbocycles. The molecule has 0 amide bonds. The SMILES string of the molecule is CN/C(=N\C(=N)c1ccccc1)c1ccccc1-c1ccccc1. The number of nitrogens with zero attached hydrogens (tertiary/aromatic N) is 1. The van der Waals surface area contributed by atoms with Crippen LogP contribution in [0.1, 0.15) is 11.1 Å². The van der Waals surface area contributed by atoms with Crippen molar-refractivity contribution in [2.24, 2.45) is 4.99 Å². The van der Waals surface area contributed by atoms with Crippen molar-refractivity contribution in [1.82, 2.24) is 5.32 Å². The van der Waals surface area contributed by atoms with Crippen LogP contribution in [0.5, 0.6) is 0 Å². The zero-order valence-corrected chi connectivity index (χ0v) is 13.5. The Morgan fingerprint density at radius 2 is 1.38 bits per heavy atom. The van der Waals surface area contributed by atoms with E-state index in [-0.39, 0.29) is 5.84 Å². The number of nitrogens with one attached hydrogen (secondary N) is 2. The third kappa shape index (κ3) is 3.41. The highest BCUT2D eigenvalue weighted by Crippen LogP contribution is 2.23. The molecule has 0 unspecified atom stereocenters. The fraction of sp³-hybridized carbons (Fsp3) is 0.0476. The first-order valence-corrected chi connectivity index (χ1v) is 7.85. The topological polar surface area (TPSA) is 48.2 Å². The first-order valence-electron chi connectivity index (χ1n) is 7.85. The van der Waals surface area contributed by atoms with Crippen LogP contribution >= 0.6 is 0 Å². The van der Waals surface area contributed by atoms with Crippen molar-refractivity contribution in [3.05, 3.63) is 96.1 Å². The molecule has 0 spiro atoms. The summed E-state index contributed by atoms with van der Waals surface area (Å²) in [6.07, 6.45) is 0. The summed E-state index contributed by atoms with van der Waals surface area (Å²) in [5.74, 6) is 0.922. The van der Waals surface area contributed by atoms with Crippen LogP contribution in [0, 0.1) is 5.41 Å². The van der Waals surface area contributed by atoms with E-state index >= 15 is 0 Å². The highest BCUT2D eigenvalue weighted by molar-refractivity contribution is 6.12. The summed E-state index contributed by atoms with van der Waals surface area (Å²) in [4.78, 5) is 4.51. The molecule has 0 radical (unpaired) electrons. The van der Waals surface area contributed by atoms with Crippen LogP contribution in [-0.4, -0.2) is 18.7 Å².